The highest BCUT2D eigenvalue weighted by Gasteiger charge is 2.17. The Kier molecular flexibility index (Phi) is 4.99. The largest absolute Gasteiger partial charge is 0.370 e. The summed E-state index contributed by atoms with van der Waals surface area (Å²) >= 11 is 0. The number of nitrogens with zero attached hydrogens (tertiary/aromatic N) is 2. The van der Waals surface area contributed by atoms with Gasteiger partial charge in [-0.1, -0.05) is 20.8 Å². The van der Waals surface area contributed by atoms with Crippen LogP contribution >= 0.6 is 0 Å². The molecule has 4 nitrogen and oxygen atoms in total. The van der Waals surface area contributed by atoms with Crippen LogP contribution in [0, 0.1) is 11.8 Å². The summed E-state index contributed by atoms with van der Waals surface area (Å²) in [7, 11) is 0. The minimum Gasteiger partial charge on any atom is -0.370 e. The maximum Gasteiger partial charge on any atom is 0.269 e. The Balaban J connectivity index is 1.97. The molecule has 0 aromatic carbocycles. The highest BCUT2D eigenvalue weighted by atomic mass is 16.1. The number of hydrogen-bond donors (Lipinski definition) is 1. The van der Waals surface area contributed by atoms with E-state index < -0.39 is 0 Å². The highest BCUT2D eigenvalue weighted by molar-refractivity contribution is 5.92. The normalized spacial score (nSPS) is 19.2. The van der Waals surface area contributed by atoms with Gasteiger partial charge in [0.15, 0.2) is 0 Å². The van der Waals surface area contributed by atoms with Gasteiger partial charge in [-0.25, -0.2) is 4.98 Å². The van der Waals surface area contributed by atoms with E-state index in [1.54, 1.807) is 0 Å². The number of aromatic nitrogens is 1. The molecule has 4 heteroatoms. The third kappa shape index (κ3) is 3.95. The SMILES string of the molecule is CC(C)CNC(=O)c1ccc(N2CCCC(C)C2)cn1. The summed E-state index contributed by atoms with van der Waals surface area (Å²) in [5.41, 5.74) is 1.62. The number of amides is 1. The van der Waals surface area contributed by atoms with Gasteiger partial charge in [0, 0.05) is 19.6 Å². The molecule has 0 saturated carbocycles. The van der Waals surface area contributed by atoms with Gasteiger partial charge in [0.1, 0.15) is 5.69 Å². The Bertz CT molecular complexity index is 442. The molecule has 110 valence electrons. The molecule has 2 rings (SSSR count). The van der Waals surface area contributed by atoms with Crippen LogP contribution in [0.1, 0.15) is 44.1 Å². The van der Waals surface area contributed by atoms with Crippen molar-refractivity contribution in [1.29, 1.82) is 0 Å². The van der Waals surface area contributed by atoms with Gasteiger partial charge in [-0.3, -0.25) is 4.79 Å². The van der Waals surface area contributed by atoms with E-state index in [-0.39, 0.29) is 5.91 Å². The van der Waals surface area contributed by atoms with E-state index in [4.69, 9.17) is 0 Å². The van der Waals surface area contributed by atoms with E-state index >= 15 is 0 Å². The van der Waals surface area contributed by atoms with Crippen LogP contribution in [0.4, 0.5) is 5.69 Å². The van der Waals surface area contributed by atoms with Crippen molar-refractivity contribution in [2.45, 2.75) is 33.6 Å². The summed E-state index contributed by atoms with van der Waals surface area (Å²) in [5.74, 6) is 1.10. The zero-order chi connectivity index (χ0) is 14.5. The van der Waals surface area contributed by atoms with Gasteiger partial charge < -0.3 is 10.2 Å². The summed E-state index contributed by atoms with van der Waals surface area (Å²) in [6.45, 7) is 9.30. The Morgan fingerprint density at radius 3 is 2.90 bits per heavy atom. The minimum atomic E-state index is -0.0859. The molecule has 1 atom stereocenters. The van der Waals surface area contributed by atoms with Gasteiger partial charge in [-0.15, -0.1) is 0 Å². The lowest BCUT2D eigenvalue weighted by Gasteiger charge is -2.32. The molecule has 1 aromatic rings. The van der Waals surface area contributed by atoms with Crippen molar-refractivity contribution in [2.75, 3.05) is 24.5 Å². The van der Waals surface area contributed by atoms with Gasteiger partial charge in [-0.05, 0) is 36.8 Å². The fourth-order valence-corrected chi connectivity index (χ4v) is 2.52. The lowest BCUT2D eigenvalue weighted by atomic mass is 10.00. The lowest BCUT2D eigenvalue weighted by Crippen LogP contribution is -2.34. The van der Waals surface area contributed by atoms with E-state index in [9.17, 15) is 4.79 Å². The number of hydrogen-bond acceptors (Lipinski definition) is 3. The molecule has 2 heterocycles. The molecule has 0 spiro atoms. The summed E-state index contributed by atoms with van der Waals surface area (Å²) in [5, 5.41) is 2.89. The second-order valence-corrected chi connectivity index (χ2v) is 6.20. The first kappa shape index (κ1) is 14.8. The van der Waals surface area contributed by atoms with Gasteiger partial charge in [0.05, 0.1) is 11.9 Å². The van der Waals surface area contributed by atoms with Crippen LogP contribution in [0.15, 0.2) is 18.3 Å². The van der Waals surface area contributed by atoms with Crippen LogP contribution in [-0.4, -0.2) is 30.5 Å². The van der Waals surface area contributed by atoms with E-state index in [0.717, 1.165) is 24.7 Å². The molecular weight excluding hydrogens is 250 g/mol. The number of nitrogens with one attached hydrogen (secondary N) is 1. The van der Waals surface area contributed by atoms with Crippen LogP contribution in [0.25, 0.3) is 0 Å². The van der Waals surface area contributed by atoms with Gasteiger partial charge >= 0.3 is 0 Å². The molecule has 0 radical (unpaired) electrons. The molecule has 1 saturated heterocycles. The van der Waals surface area contributed by atoms with Gasteiger partial charge in [0.2, 0.25) is 0 Å². The third-order valence-corrected chi connectivity index (χ3v) is 3.67. The number of rotatable bonds is 4. The topological polar surface area (TPSA) is 45.2 Å². The molecule has 1 amide bonds. The second-order valence-electron chi connectivity index (χ2n) is 6.20. The zero-order valence-corrected chi connectivity index (χ0v) is 12.7. The van der Waals surface area contributed by atoms with Crippen molar-refractivity contribution in [3.8, 4) is 0 Å². The first-order valence-electron chi connectivity index (χ1n) is 7.55. The van der Waals surface area contributed by atoms with Crippen LogP contribution in [0.5, 0.6) is 0 Å². The Hall–Kier alpha value is -1.58. The van der Waals surface area contributed by atoms with Crippen LogP contribution in [0.2, 0.25) is 0 Å². The molecule has 1 fully saturated rings. The molecule has 1 N–H and O–H groups in total. The fraction of sp³-hybridized carbons (Fsp3) is 0.625. The molecule has 0 aliphatic carbocycles. The zero-order valence-electron chi connectivity index (χ0n) is 12.7. The number of piperidine rings is 1. The van der Waals surface area contributed by atoms with E-state index in [0.29, 0.717) is 18.2 Å². The van der Waals surface area contributed by atoms with Crippen LogP contribution in [-0.2, 0) is 0 Å². The molecular formula is C16H25N3O. The predicted molar refractivity (Wildman–Crippen MR) is 82.0 cm³/mol. The standard InChI is InChI=1S/C16H25N3O/c1-12(2)9-18-16(20)15-7-6-14(10-17-15)19-8-4-5-13(3)11-19/h6-7,10,12-13H,4-5,8-9,11H2,1-3H3,(H,18,20). The van der Waals surface area contributed by atoms with E-state index in [2.05, 4.69) is 36.0 Å². The summed E-state index contributed by atoms with van der Waals surface area (Å²) < 4.78 is 0. The van der Waals surface area contributed by atoms with Gasteiger partial charge in [-0.2, -0.15) is 0 Å². The Morgan fingerprint density at radius 2 is 2.30 bits per heavy atom. The van der Waals surface area contributed by atoms with Crippen molar-refractivity contribution in [3.05, 3.63) is 24.0 Å². The maximum absolute atomic E-state index is 11.9. The Labute approximate surface area is 121 Å². The Morgan fingerprint density at radius 1 is 1.50 bits per heavy atom. The molecule has 1 aliphatic heterocycles. The molecule has 1 aromatic heterocycles. The average Bonchev–Trinajstić information content (AvgIpc) is 2.45. The number of carbonyl (C=O) groups excluding carboxylic acids is 1. The number of pyridine rings is 1. The molecule has 0 bridgehead atoms. The van der Waals surface area contributed by atoms with Crippen LogP contribution < -0.4 is 10.2 Å². The smallest absolute Gasteiger partial charge is 0.269 e. The fourth-order valence-electron chi connectivity index (χ4n) is 2.52. The van der Waals surface area contributed by atoms with Crippen molar-refractivity contribution in [3.63, 3.8) is 0 Å². The van der Waals surface area contributed by atoms with E-state index in [1.807, 2.05) is 18.3 Å². The van der Waals surface area contributed by atoms with E-state index in [1.165, 1.54) is 12.8 Å². The van der Waals surface area contributed by atoms with Crippen molar-refractivity contribution < 1.29 is 4.79 Å². The maximum atomic E-state index is 11.9. The second kappa shape index (κ2) is 6.73. The molecule has 1 unspecified atom stereocenters. The average molecular weight is 275 g/mol. The number of anilines is 1. The predicted octanol–water partition coefficient (Wildman–Crippen LogP) is 2.70. The quantitative estimate of drug-likeness (QED) is 0.919. The lowest BCUT2D eigenvalue weighted by molar-refractivity contribution is 0.0944. The molecule has 20 heavy (non-hydrogen) atoms. The van der Waals surface area contributed by atoms with Crippen molar-refractivity contribution >= 4 is 11.6 Å². The van der Waals surface area contributed by atoms with Crippen molar-refractivity contribution in [1.82, 2.24) is 10.3 Å². The summed E-state index contributed by atoms with van der Waals surface area (Å²) in [6.07, 6.45) is 4.36. The third-order valence-electron chi connectivity index (χ3n) is 3.67. The van der Waals surface area contributed by atoms with Crippen molar-refractivity contribution in [2.24, 2.45) is 11.8 Å². The first-order chi connectivity index (χ1) is 9.56. The number of carbonyl (C=O) groups is 1. The summed E-state index contributed by atoms with van der Waals surface area (Å²) in [6, 6.07) is 3.83. The minimum absolute atomic E-state index is 0.0859. The monoisotopic (exact) mass is 275 g/mol. The molecule has 1 aliphatic rings. The van der Waals surface area contributed by atoms with Gasteiger partial charge in [0.25, 0.3) is 5.91 Å². The van der Waals surface area contributed by atoms with Crippen LogP contribution in [0.3, 0.4) is 0 Å². The first-order valence-corrected chi connectivity index (χ1v) is 7.55. The highest BCUT2D eigenvalue weighted by Crippen LogP contribution is 2.22. The summed E-state index contributed by atoms with van der Waals surface area (Å²) in [4.78, 5) is 18.6.